The van der Waals surface area contributed by atoms with E-state index in [0.29, 0.717) is 17.9 Å². The molecule has 0 spiro atoms. The molecule has 1 saturated heterocycles. The number of nitrogens with zero attached hydrogens (tertiary/aromatic N) is 1. The van der Waals surface area contributed by atoms with Crippen LogP contribution < -0.4 is 15.0 Å². The first-order valence-electron chi connectivity index (χ1n) is 6.75. The van der Waals surface area contributed by atoms with Crippen molar-refractivity contribution in [2.45, 2.75) is 12.8 Å². The lowest BCUT2D eigenvalue weighted by Gasteiger charge is -2.23. The average molecular weight is 270 g/mol. The lowest BCUT2D eigenvalue weighted by Crippen LogP contribution is -2.28. The van der Waals surface area contributed by atoms with Crippen molar-refractivity contribution in [2.24, 2.45) is 0 Å². The molecular weight excluding hydrogens is 250 g/mol. The van der Waals surface area contributed by atoms with Crippen LogP contribution in [0.4, 0.5) is 14.5 Å². The maximum atomic E-state index is 14.1. The molecule has 1 heterocycles. The molecular formula is C14H20F2N2O. The van der Waals surface area contributed by atoms with E-state index in [-0.39, 0.29) is 12.4 Å². The van der Waals surface area contributed by atoms with Crippen molar-refractivity contribution in [1.82, 2.24) is 5.32 Å². The lowest BCUT2D eigenvalue weighted by atomic mass is 10.2. The number of hydrogen-bond donors (Lipinski definition) is 1. The summed E-state index contributed by atoms with van der Waals surface area (Å²) in [6.07, 6.45) is 1.34. The fourth-order valence-electron chi connectivity index (χ4n) is 2.17. The Balaban J connectivity index is 2.01. The predicted octanol–water partition coefficient (Wildman–Crippen LogP) is 2.36. The topological polar surface area (TPSA) is 24.5 Å². The van der Waals surface area contributed by atoms with Gasteiger partial charge in [0.25, 0.3) is 0 Å². The molecule has 0 unspecified atom stereocenters. The van der Waals surface area contributed by atoms with Crippen LogP contribution in [0.1, 0.15) is 12.8 Å². The Kier molecular flexibility index (Phi) is 5.39. The fraction of sp³-hybridized carbons (Fsp3) is 0.571. The van der Waals surface area contributed by atoms with Crippen molar-refractivity contribution in [1.29, 1.82) is 0 Å². The monoisotopic (exact) mass is 270 g/mol. The summed E-state index contributed by atoms with van der Waals surface area (Å²) in [5, 5.41) is 3.29. The van der Waals surface area contributed by atoms with E-state index in [9.17, 15) is 8.78 Å². The average Bonchev–Trinajstić information content (AvgIpc) is 2.68. The Labute approximate surface area is 112 Å². The van der Waals surface area contributed by atoms with Gasteiger partial charge in [0.15, 0.2) is 0 Å². The van der Waals surface area contributed by atoms with Crippen LogP contribution >= 0.6 is 0 Å². The molecule has 0 bridgehead atoms. The summed E-state index contributed by atoms with van der Waals surface area (Å²) in [5.74, 6) is 0.183. The Bertz CT molecular complexity index is 393. The van der Waals surface area contributed by atoms with Crippen molar-refractivity contribution in [2.75, 3.05) is 44.4 Å². The molecule has 5 heteroatoms. The second-order valence-corrected chi connectivity index (χ2v) is 4.59. The molecule has 1 aliphatic rings. The zero-order valence-electron chi connectivity index (χ0n) is 11.0. The molecule has 19 heavy (non-hydrogen) atoms. The maximum Gasteiger partial charge on any atom is 0.150 e. The number of rotatable bonds is 5. The van der Waals surface area contributed by atoms with Crippen LogP contribution in [0.3, 0.4) is 0 Å². The second kappa shape index (κ2) is 7.28. The molecule has 1 aromatic carbocycles. The largest absolute Gasteiger partial charge is 0.493 e. The van der Waals surface area contributed by atoms with Crippen LogP contribution in [0, 0.1) is 5.82 Å². The van der Waals surface area contributed by atoms with Gasteiger partial charge in [-0.1, -0.05) is 0 Å². The first kappa shape index (κ1) is 14.1. The van der Waals surface area contributed by atoms with E-state index in [1.807, 2.05) is 4.90 Å². The van der Waals surface area contributed by atoms with Crippen LogP contribution in [-0.2, 0) is 0 Å². The van der Waals surface area contributed by atoms with Crippen LogP contribution in [0.15, 0.2) is 18.2 Å². The number of hydrogen-bond acceptors (Lipinski definition) is 3. The minimum Gasteiger partial charge on any atom is -0.493 e. The Morgan fingerprint density at radius 2 is 2.16 bits per heavy atom. The number of benzene rings is 1. The first-order valence-corrected chi connectivity index (χ1v) is 6.75. The molecule has 0 aliphatic carbocycles. The third-order valence-corrected chi connectivity index (χ3v) is 3.15. The van der Waals surface area contributed by atoms with E-state index in [2.05, 4.69) is 5.32 Å². The van der Waals surface area contributed by atoms with Crippen LogP contribution in [0.2, 0.25) is 0 Å². The van der Waals surface area contributed by atoms with Gasteiger partial charge in [-0.05, 0) is 25.1 Å². The summed E-state index contributed by atoms with van der Waals surface area (Å²) >= 11 is 0. The zero-order valence-corrected chi connectivity index (χ0v) is 11.0. The molecule has 3 nitrogen and oxygen atoms in total. The third kappa shape index (κ3) is 4.06. The SMILES string of the molecule is FCCCOc1ccc(N2CCCNCC2)c(F)c1. The van der Waals surface area contributed by atoms with Gasteiger partial charge in [-0.2, -0.15) is 0 Å². The minimum absolute atomic E-state index is 0.278. The van der Waals surface area contributed by atoms with Crippen molar-refractivity contribution in [3.8, 4) is 5.75 Å². The lowest BCUT2D eigenvalue weighted by molar-refractivity contribution is 0.288. The minimum atomic E-state index is -0.415. The third-order valence-electron chi connectivity index (χ3n) is 3.15. The van der Waals surface area contributed by atoms with Crippen molar-refractivity contribution in [3.05, 3.63) is 24.0 Å². The quantitative estimate of drug-likeness (QED) is 0.831. The molecule has 0 radical (unpaired) electrons. The summed E-state index contributed by atoms with van der Waals surface area (Å²) in [4.78, 5) is 2.04. The Morgan fingerprint density at radius 3 is 2.95 bits per heavy atom. The van der Waals surface area contributed by atoms with Gasteiger partial charge in [-0.25, -0.2) is 4.39 Å². The van der Waals surface area contributed by atoms with Gasteiger partial charge in [0.05, 0.1) is 19.0 Å². The van der Waals surface area contributed by atoms with E-state index >= 15 is 0 Å². The van der Waals surface area contributed by atoms with Gasteiger partial charge in [-0.15, -0.1) is 0 Å². The van der Waals surface area contributed by atoms with Gasteiger partial charge in [-0.3, -0.25) is 4.39 Å². The number of nitrogens with one attached hydrogen (secondary N) is 1. The number of halogens is 2. The number of anilines is 1. The van der Waals surface area contributed by atoms with Gasteiger partial charge in [0, 0.05) is 32.1 Å². The fourth-order valence-corrected chi connectivity index (χ4v) is 2.17. The van der Waals surface area contributed by atoms with Crippen LogP contribution in [-0.4, -0.2) is 39.5 Å². The van der Waals surface area contributed by atoms with E-state index in [1.165, 1.54) is 6.07 Å². The summed E-state index contributed by atoms with van der Waals surface area (Å²) in [6.45, 7) is 3.37. The molecule has 0 aromatic heterocycles. The highest BCUT2D eigenvalue weighted by atomic mass is 19.1. The van der Waals surface area contributed by atoms with E-state index < -0.39 is 6.67 Å². The summed E-state index contributed by atoms with van der Waals surface area (Å²) in [6, 6.07) is 4.87. The molecule has 1 aliphatic heterocycles. The zero-order chi connectivity index (χ0) is 13.5. The van der Waals surface area contributed by atoms with Crippen molar-refractivity contribution < 1.29 is 13.5 Å². The van der Waals surface area contributed by atoms with E-state index in [4.69, 9.17) is 4.74 Å². The molecule has 2 rings (SSSR count). The summed E-state index contributed by atoms with van der Waals surface area (Å²) in [7, 11) is 0. The molecule has 0 amide bonds. The van der Waals surface area contributed by atoms with Crippen LogP contribution in [0.25, 0.3) is 0 Å². The Hall–Kier alpha value is -1.36. The highest BCUT2D eigenvalue weighted by molar-refractivity contribution is 5.50. The molecule has 106 valence electrons. The van der Waals surface area contributed by atoms with E-state index in [1.54, 1.807) is 12.1 Å². The van der Waals surface area contributed by atoms with Crippen LogP contribution in [0.5, 0.6) is 5.75 Å². The van der Waals surface area contributed by atoms with Gasteiger partial charge < -0.3 is 15.0 Å². The molecule has 1 fully saturated rings. The summed E-state index contributed by atoms with van der Waals surface area (Å²) < 4.78 is 31.3. The maximum absolute atomic E-state index is 14.1. The van der Waals surface area contributed by atoms with Gasteiger partial charge in [0.2, 0.25) is 0 Å². The Morgan fingerprint density at radius 1 is 1.26 bits per heavy atom. The highest BCUT2D eigenvalue weighted by Crippen LogP contribution is 2.24. The molecule has 1 aromatic rings. The van der Waals surface area contributed by atoms with Crippen molar-refractivity contribution in [3.63, 3.8) is 0 Å². The normalized spacial score (nSPS) is 16.2. The number of ether oxygens (including phenoxy) is 1. The second-order valence-electron chi connectivity index (χ2n) is 4.59. The predicted molar refractivity (Wildman–Crippen MR) is 72.2 cm³/mol. The standard InChI is InChI=1S/C14H20F2N2O/c15-5-1-10-19-12-3-4-14(13(16)11-12)18-8-2-6-17-7-9-18/h3-4,11,17H,1-2,5-10H2. The summed E-state index contributed by atoms with van der Waals surface area (Å²) in [5.41, 5.74) is 0.613. The first-order chi connectivity index (χ1) is 9.31. The molecule has 1 N–H and O–H groups in total. The smallest absolute Gasteiger partial charge is 0.150 e. The van der Waals surface area contributed by atoms with Gasteiger partial charge in [0.1, 0.15) is 11.6 Å². The van der Waals surface area contributed by atoms with E-state index in [0.717, 1.165) is 32.6 Å². The number of alkyl halides is 1. The highest BCUT2D eigenvalue weighted by Gasteiger charge is 2.14. The van der Waals surface area contributed by atoms with Crippen molar-refractivity contribution >= 4 is 5.69 Å². The molecule has 0 atom stereocenters. The van der Waals surface area contributed by atoms with Gasteiger partial charge >= 0.3 is 0 Å². The molecule has 0 saturated carbocycles.